The molecule has 1 aromatic carbocycles. The summed E-state index contributed by atoms with van der Waals surface area (Å²) in [5.41, 5.74) is 0. The van der Waals surface area contributed by atoms with Gasteiger partial charge in [0.25, 0.3) is 0 Å². The number of hydrogen-bond donors (Lipinski definition) is 2. The number of nitrogens with zero attached hydrogens (tertiary/aromatic N) is 2. The number of rotatable bonds is 9. The average molecular weight is 325 g/mol. The maximum atomic E-state index is 10.4. The average Bonchev–Trinajstić information content (AvgIpc) is 2.94. The van der Waals surface area contributed by atoms with Crippen molar-refractivity contribution in [2.24, 2.45) is 0 Å². The van der Waals surface area contributed by atoms with Crippen LogP contribution in [0.3, 0.4) is 0 Å². The van der Waals surface area contributed by atoms with Crippen molar-refractivity contribution in [3.05, 3.63) is 30.3 Å². The van der Waals surface area contributed by atoms with Crippen molar-refractivity contribution < 1.29 is 14.6 Å². The molecule has 21 heavy (non-hydrogen) atoms. The van der Waals surface area contributed by atoms with Crippen LogP contribution in [0.4, 0.5) is 5.13 Å². The lowest BCUT2D eigenvalue weighted by Gasteiger charge is -2.05. The van der Waals surface area contributed by atoms with E-state index in [0.717, 1.165) is 18.7 Å². The number of para-hydroxylation sites is 1. The molecule has 6 nitrogen and oxygen atoms in total. The highest BCUT2D eigenvalue weighted by Crippen LogP contribution is 2.25. The predicted octanol–water partition coefficient (Wildman–Crippen LogP) is 2.60. The van der Waals surface area contributed by atoms with E-state index >= 15 is 0 Å². The molecule has 0 saturated carbocycles. The fourth-order valence-electron chi connectivity index (χ4n) is 1.44. The van der Waals surface area contributed by atoms with Crippen molar-refractivity contribution in [2.75, 3.05) is 24.2 Å². The van der Waals surface area contributed by atoms with Crippen molar-refractivity contribution in [3.8, 4) is 5.75 Å². The van der Waals surface area contributed by atoms with E-state index in [1.54, 1.807) is 0 Å². The lowest BCUT2D eigenvalue weighted by Crippen LogP contribution is -2.07. The molecule has 0 atom stereocenters. The monoisotopic (exact) mass is 325 g/mol. The quantitative estimate of drug-likeness (QED) is 0.541. The zero-order chi connectivity index (χ0) is 14.9. The Hall–Kier alpha value is -1.80. The topological polar surface area (TPSA) is 84.3 Å². The number of hydrogen-bond acceptors (Lipinski definition) is 7. The number of nitrogens with one attached hydrogen (secondary N) is 1. The normalized spacial score (nSPS) is 10.3. The molecule has 2 rings (SSSR count). The lowest BCUT2D eigenvalue weighted by atomic mass is 10.3. The Morgan fingerprint density at radius 3 is 2.90 bits per heavy atom. The van der Waals surface area contributed by atoms with Gasteiger partial charge in [0, 0.05) is 6.54 Å². The largest absolute Gasteiger partial charge is 0.494 e. The summed E-state index contributed by atoms with van der Waals surface area (Å²) in [7, 11) is 0. The van der Waals surface area contributed by atoms with Crippen molar-refractivity contribution in [1.29, 1.82) is 0 Å². The molecule has 0 radical (unpaired) electrons. The summed E-state index contributed by atoms with van der Waals surface area (Å²) in [6.07, 6.45) is 0.839. The molecule has 112 valence electrons. The van der Waals surface area contributed by atoms with Gasteiger partial charge in [-0.1, -0.05) is 41.3 Å². The zero-order valence-electron chi connectivity index (χ0n) is 11.2. The Balaban J connectivity index is 1.61. The van der Waals surface area contributed by atoms with Crippen molar-refractivity contribution >= 4 is 34.2 Å². The first kappa shape index (κ1) is 15.6. The van der Waals surface area contributed by atoms with Gasteiger partial charge >= 0.3 is 5.97 Å². The van der Waals surface area contributed by atoms with E-state index in [9.17, 15) is 4.79 Å². The molecule has 0 aliphatic rings. The summed E-state index contributed by atoms with van der Waals surface area (Å²) in [4.78, 5) is 10.4. The Morgan fingerprint density at radius 1 is 1.33 bits per heavy atom. The smallest absolute Gasteiger partial charge is 0.313 e. The summed E-state index contributed by atoms with van der Waals surface area (Å²) in [5, 5.41) is 20.3. The van der Waals surface area contributed by atoms with Crippen LogP contribution in [-0.2, 0) is 4.79 Å². The van der Waals surface area contributed by atoms with Gasteiger partial charge in [-0.15, -0.1) is 10.2 Å². The second-order valence-corrected chi connectivity index (χ2v) is 6.20. The van der Waals surface area contributed by atoms with Crippen molar-refractivity contribution in [3.63, 3.8) is 0 Å². The Labute approximate surface area is 130 Å². The Kier molecular flexibility index (Phi) is 6.29. The number of benzene rings is 1. The maximum Gasteiger partial charge on any atom is 0.313 e. The molecule has 1 heterocycles. The number of ether oxygens (including phenoxy) is 1. The molecule has 0 amide bonds. The van der Waals surface area contributed by atoms with Crippen LogP contribution in [0.25, 0.3) is 0 Å². The number of carboxylic acid groups (broad SMARTS) is 1. The molecular formula is C13H15N3O3S2. The third kappa shape index (κ3) is 6.01. The van der Waals surface area contributed by atoms with Gasteiger partial charge in [0.1, 0.15) is 5.75 Å². The van der Waals surface area contributed by atoms with Gasteiger partial charge in [-0.25, -0.2) is 0 Å². The first-order chi connectivity index (χ1) is 10.2. The summed E-state index contributed by atoms with van der Waals surface area (Å²) in [5.74, 6) is 0.00283. The highest BCUT2D eigenvalue weighted by atomic mass is 32.2. The number of anilines is 1. The van der Waals surface area contributed by atoms with E-state index in [-0.39, 0.29) is 5.75 Å². The molecule has 2 aromatic rings. The standard InChI is InChI=1S/C13H15N3O3S2/c17-11(18)9-20-13-16-15-12(21-13)14-7-4-8-19-10-5-2-1-3-6-10/h1-3,5-6H,4,7-9H2,(H,14,15)(H,17,18). The summed E-state index contributed by atoms with van der Waals surface area (Å²) < 4.78 is 6.23. The van der Waals surface area contributed by atoms with Crippen LogP contribution >= 0.6 is 23.1 Å². The molecule has 0 aliphatic carbocycles. The second-order valence-electron chi connectivity index (χ2n) is 4.00. The molecule has 0 fully saturated rings. The van der Waals surface area contributed by atoms with E-state index < -0.39 is 5.97 Å². The number of carbonyl (C=O) groups is 1. The summed E-state index contributed by atoms with van der Waals surface area (Å²) in [6, 6.07) is 9.66. The Bertz CT molecular complexity index is 563. The fraction of sp³-hybridized carbons (Fsp3) is 0.308. The van der Waals surface area contributed by atoms with E-state index in [0.29, 0.717) is 16.1 Å². The van der Waals surface area contributed by atoms with Crippen molar-refractivity contribution in [1.82, 2.24) is 10.2 Å². The van der Waals surface area contributed by atoms with Crippen LogP contribution in [-0.4, -0.2) is 40.2 Å². The van der Waals surface area contributed by atoms with Gasteiger partial charge in [-0.05, 0) is 18.6 Å². The van der Waals surface area contributed by atoms with Crippen LogP contribution in [0.5, 0.6) is 5.75 Å². The van der Waals surface area contributed by atoms with Gasteiger partial charge in [-0.3, -0.25) is 4.79 Å². The molecule has 2 N–H and O–H groups in total. The van der Waals surface area contributed by atoms with Crippen LogP contribution in [0.2, 0.25) is 0 Å². The van der Waals surface area contributed by atoms with Crippen molar-refractivity contribution in [2.45, 2.75) is 10.8 Å². The SMILES string of the molecule is O=C(O)CSc1nnc(NCCCOc2ccccc2)s1. The molecule has 0 aliphatic heterocycles. The fourth-order valence-corrected chi connectivity index (χ4v) is 2.93. The highest BCUT2D eigenvalue weighted by molar-refractivity contribution is 8.01. The van der Waals surface area contributed by atoms with Crippen LogP contribution in [0.1, 0.15) is 6.42 Å². The molecular weight excluding hydrogens is 310 g/mol. The lowest BCUT2D eigenvalue weighted by molar-refractivity contribution is -0.133. The van der Waals surface area contributed by atoms with Crippen LogP contribution < -0.4 is 10.1 Å². The third-order valence-corrected chi connectivity index (χ3v) is 4.33. The minimum absolute atomic E-state index is 0.000447. The first-order valence-electron chi connectivity index (χ1n) is 6.34. The Morgan fingerprint density at radius 2 is 2.14 bits per heavy atom. The molecule has 0 bridgehead atoms. The predicted molar refractivity (Wildman–Crippen MR) is 83.3 cm³/mol. The highest BCUT2D eigenvalue weighted by Gasteiger charge is 2.06. The maximum absolute atomic E-state index is 10.4. The van der Waals surface area contributed by atoms with Crippen LogP contribution in [0.15, 0.2) is 34.7 Å². The minimum atomic E-state index is -0.859. The minimum Gasteiger partial charge on any atom is -0.494 e. The van der Waals surface area contributed by atoms with E-state index in [1.165, 1.54) is 23.1 Å². The van der Waals surface area contributed by atoms with Gasteiger partial charge < -0.3 is 15.2 Å². The first-order valence-corrected chi connectivity index (χ1v) is 8.14. The van der Waals surface area contributed by atoms with Gasteiger partial charge in [-0.2, -0.15) is 0 Å². The van der Waals surface area contributed by atoms with Gasteiger partial charge in [0.05, 0.1) is 12.4 Å². The molecule has 0 saturated heterocycles. The molecule has 1 aromatic heterocycles. The third-order valence-electron chi connectivity index (χ3n) is 2.33. The van der Waals surface area contributed by atoms with E-state index in [1.807, 2.05) is 30.3 Å². The summed E-state index contributed by atoms with van der Waals surface area (Å²) in [6.45, 7) is 1.35. The van der Waals surface area contributed by atoms with E-state index in [2.05, 4.69) is 15.5 Å². The molecule has 0 unspecified atom stereocenters. The number of aromatic nitrogens is 2. The number of aliphatic carboxylic acids is 1. The molecule has 0 spiro atoms. The number of thioether (sulfide) groups is 1. The van der Waals surface area contributed by atoms with Crippen LogP contribution in [0, 0.1) is 0 Å². The zero-order valence-corrected chi connectivity index (χ0v) is 12.8. The second kappa shape index (κ2) is 8.48. The van der Waals surface area contributed by atoms with E-state index in [4.69, 9.17) is 9.84 Å². The molecule has 8 heteroatoms. The van der Waals surface area contributed by atoms with Gasteiger partial charge in [0.15, 0.2) is 4.34 Å². The summed E-state index contributed by atoms with van der Waals surface area (Å²) >= 11 is 2.53. The van der Waals surface area contributed by atoms with Gasteiger partial charge in [0.2, 0.25) is 5.13 Å². The number of carboxylic acids is 1.